The van der Waals surface area contributed by atoms with Gasteiger partial charge in [0.15, 0.2) is 0 Å². The second-order valence-electron chi connectivity index (χ2n) is 5.14. The van der Waals surface area contributed by atoms with Crippen molar-refractivity contribution < 1.29 is 4.74 Å². The highest BCUT2D eigenvalue weighted by Crippen LogP contribution is 2.28. The first kappa shape index (κ1) is 14.2. The summed E-state index contributed by atoms with van der Waals surface area (Å²) in [6, 6.07) is 8.43. The maximum Gasteiger partial charge on any atom is 0.142 e. The summed E-state index contributed by atoms with van der Waals surface area (Å²) in [5, 5.41) is 0. The number of para-hydroxylation sites is 2. The minimum atomic E-state index is 0.798. The number of anilines is 1. The number of benzene rings is 1. The number of ether oxygens (including phenoxy) is 1. The molecule has 0 unspecified atom stereocenters. The van der Waals surface area contributed by atoms with E-state index in [1.807, 2.05) is 0 Å². The summed E-state index contributed by atoms with van der Waals surface area (Å²) in [7, 11) is 0. The molecule has 0 spiro atoms. The van der Waals surface area contributed by atoms with Crippen molar-refractivity contribution in [1.29, 1.82) is 0 Å². The second kappa shape index (κ2) is 7.39. The molecule has 1 aromatic rings. The van der Waals surface area contributed by atoms with Crippen LogP contribution in [0.1, 0.15) is 26.7 Å². The predicted molar refractivity (Wildman–Crippen MR) is 81.2 cm³/mol. The fraction of sp³-hybridized carbons (Fsp3) is 0.625. The molecule has 3 heteroatoms. The monoisotopic (exact) mass is 262 g/mol. The van der Waals surface area contributed by atoms with Crippen molar-refractivity contribution in [2.75, 3.05) is 44.2 Å². The Labute approximate surface area is 117 Å². The highest BCUT2D eigenvalue weighted by Gasteiger charge is 2.18. The molecular formula is C16H26N2O. The van der Waals surface area contributed by atoms with E-state index in [-0.39, 0.29) is 0 Å². The molecule has 0 aromatic heterocycles. The van der Waals surface area contributed by atoms with Crippen molar-refractivity contribution in [3.05, 3.63) is 24.3 Å². The van der Waals surface area contributed by atoms with Gasteiger partial charge in [0, 0.05) is 26.2 Å². The molecule has 0 aliphatic carbocycles. The fourth-order valence-electron chi connectivity index (χ4n) is 2.58. The van der Waals surface area contributed by atoms with Crippen LogP contribution in [-0.2, 0) is 0 Å². The summed E-state index contributed by atoms with van der Waals surface area (Å²) in [4.78, 5) is 5.00. The van der Waals surface area contributed by atoms with E-state index in [0.29, 0.717) is 0 Å². The number of nitrogens with zero attached hydrogens (tertiary/aromatic N) is 2. The van der Waals surface area contributed by atoms with E-state index in [4.69, 9.17) is 4.74 Å². The topological polar surface area (TPSA) is 15.7 Å². The molecule has 0 saturated carbocycles. The first-order valence-electron chi connectivity index (χ1n) is 7.54. The van der Waals surface area contributed by atoms with E-state index in [1.54, 1.807) is 0 Å². The Balaban J connectivity index is 1.98. The number of hydrogen-bond donors (Lipinski definition) is 0. The Morgan fingerprint density at radius 1 is 1.00 bits per heavy atom. The van der Waals surface area contributed by atoms with Crippen molar-refractivity contribution in [2.24, 2.45) is 0 Å². The summed E-state index contributed by atoms with van der Waals surface area (Å²) in [6.07, 6.45) is 2.30. The van der Waals surface area contributed by atoms with Gasteiger partial charge in [-0.25, -0.2) is 0 Å². The Hall–Kier alpha value is -1.22. The van der Waals surface area contributed by atoms with Crippen LogP contribution in [-0.4, -0.2) is 44.2 Å². The van der Waals surface area contributed by atoms with Gasteiger partial charge in [0.2, 0.25) is 0 Å². The summed E-state index contributed by atoms with van der Waals surface area (Å²) < 4.78 is 5.86. The molecule has 0 radical (unpaired) electrons. The van der Waals surface area contributed by atoms with E-state index in [0.717, 1.165) is 45.0 Å². The van der Waals surface area contributed by atoms with Gasteiger partial charge in [-0.15, -0.1) is 0 Å². The molecule has 2 rings (SSSR count). The number of rotatable bonds is 6. The Kier molecular flexibility index (Phi) is 5.52. The second-order valence-corrected chi connectivity index (χ2v) is 5.14. The fourth-order valence-corrected chi connectivity index (χ4v) is 2.58. The van der Waals surface area contributed by atoms with Crippen LogP contribution in [0.25, 0.3) is 0 Å². The first-order valence-corrected chi connectivity index (χ1v) is 7.54. The van der Waals surface area contributed by atoms with Gasteiger partial charge in [-0.2, -0.15) is 0 Å². The van der Waals surface area contributed by atoms with Gasteiger partial charge < -0.3 is 9.64 Å². The normalized spacial score (nSPS) is 16.6. The third-order valence-corrected chi connectivity index (χ3v) is 3.58. The highest BCUT2D eigenvalue weighted by atomic mass is 16.5. The number of piperazine rings is 1. The van der Waals surface area contributed by atoms with Gasteiger partial charge in [0.25, 0.3) is 0 Å². The van der Waals surface area contributed by atoms with Crippen molar-refractivity contribution in [1.82, 2.24) is 4.90 Å². The average molecular weight is 262 g/mol. The molecule has 3 nitrogen and oxygen atoms in total. The van der Waals surface area contributed by atoms with Crippen LogP contribution in [0.15, 0.2) is 24.3 Å². The van der Waals surface area contributed by atoms with Gasteiger partial charge in [0.1, 0.15) is 5.75 Å². The molecule has 0 N–H and O–H groups in total. The largest absolute Gasteiger partial charge is 0.491 e. The van der Waals surface area contributed by atoms with Crippen LogP contribution in [0.5, 0.6) is 5.75 Å². The summed E-state index contributed by atoms with van der Waals surface area (Å²) in [5.41, 5.74) is 1.26. The van der Waals surface area contributed by atoms with Crippen LogP contribution in [0.2, 0.25) is 0 Å². The SMILES string of the molecule is CCCOc1ccccc1N1CCN(CCC)CC1. The molecular weight excluding hydrogens is 236 g/mol. The lowest BCUT2D eigenvalue weighted by molar-refractivity contribution is 0.256. The van der Waals surface area contributed by atoms with Crippen molar-refractivity contribution >= 4 is 5.69 Å². The smallest absolute Gasteiger partial charge is 0.142 e. The molecule has 1 aliphatic rings. The van der Waals surface area contributed by atoms with E-state index in [2.05, 4.69) is 47.9 Å². The van der Waals surface area contributed by atoms with Crippen molar-refractivity contribution in [3.63, 3.8) is 0 Å². The summed E-state index contributed by atoms with van der Waals surface area (Å²) in [6.45, 7) is 11.0. The van der Waals surface area contributed by atoms with Crippen LogP contribution < -0.4 is 9.64 Å². The molecule has 1 saturated heterocycles. The van der Waals surface area contributed by atoms with Gasteiger partial charge in [-0.05, 0) is 31.5 Å². The van der Waals surface area contributed by atoms with Crippen molar-refractivity contribution in [3.8, 4) is 5.75 Å². The maximum atomic E-state index is 5.86. The van der Waals surface area contributed by atoms with Gasteiger partial charge in [0.05, 0.1) is 12.3 Å². The van der Waals surface area contributed by atoms with Crippen LogP contribution in [0, 0.1) is 0 Å². The first-order chi connectivity index (χ1) is 9.35. The van der Waals surface area contributed by atoms with Gasteiger partial charge in [-0.3, -0.25) is 4.90 Å². The standard InChI is InChI=1S/C16H26N2O/c1-3-9-17-10-12-18(13-11-17)15-7-5-6-8-16(15)19-14-4-2/h5-8H,3-4,9-14H2,1-2H3. The Morgan fingerprint density at radius 3 is 2.42 bits per heavy atom. The molecule has 1 aliphatic heterocycles. The third kappa shape index (κ3) is 3.87. The average Bonchev–Trinajstić information content (AvgIpc) is 2.47. The minimum Gasteiger partial charge on any atom is -0.491 e. The lowest BCUT2D eigenvalue weighted by Crippen LogP contribution is -2.46. The lowest BCUT2D eigenvalue weighted by Gasteiger charge is -2.36. The Bertz CT molecular complexity index is 373. The molecule has 1 aromatic carbocycles. The summed E-state index contributed by atoms with van der Waals surface area (Å²) in [5.74, 6) is 1.04. The molecule has 106 valence electrons. The van der Waals surface area contributed by atoms with Crippen LogP contribution in [0.3, 0.4) is 0 Å². The van der Waals surface area contributed by atoms with E-state index >= 15 is 0 Å². The number of hydrogen-bond acceptors (Lipinski definition) is 3. The van der Waals surface area contributed by atoms with Crippen LogP contribution in [0.4, 0.5) is 5.69 Å². The third-order valence-electron chi connectivity index (χ3n) is 3.58. The molecule has 0 amide bonds. The van der Waals surface area contributed by atoms with E-state index in [9.17, 15) is 0 Å². The van der Waals surface area contributed by atoms with E-state index < -0.39 is 0 Å². The zero-order chi connectivity index (χ0) is 13.5. The van der Waals surface area contributed by atoms with Gasteiger partial charge in [-0.1, -0.05) is 26.0 Å². The summed E-state index contributed by atoms with van der Waals surface area (Å²) >= 11 is 0. The zero-order valence-electron chi connectivity index (χ0n) is 12.3. The molecule has 1 fully saturated rings. The van der Waals surface area contributed by atoms with Crippen molar-refractivity contribution in [2.45, 2.75) is 26.7 Å². The highest BCUT2D eigenvalue weighted by molar-refractivity contribution is 5.58. The minimum absolute atomic E-state index is 0.798. The predicted octanol–water partition coefficient (Wildman–Crippen LogP) is 3.01. The Morgan fingerprint density at radius 2 is 1.74 bits per heavy atom. The molecule has 19 heavy (non-hydrogen) atoms. The quantitative estimate of drug-likeness (QED) is 0.784. The van der Waals surface area contributed by atoms with Crippen LogP contribution >= 0.6 is 0 Å². The lowest BCUT2D eigenvalue weighted by atomic mass is 10.2. The van der Waals surface area contributed by atoms with Gasteiger partial charge >= 0.3 is 0 Å². The zero-order valence-corrected chi connectivity index (χ0v) is 12.3. The van der Waals surface area contributed by atoms with E-state index in [1.165, 1.54) is 18.7 Å². The molecule has 0 bridgehead atoms. The maximum absolute atomic E-state index is 5.86. The molecule has 0 atom stereocenters. The molecule has 1 heterocycles.